The van der Waals surface area contributed by atoms with E-state index in [9.17, 15) is 4.79 Å². The van der Waals surface area contributed by atoms with Crippen molar-refractivity contribution in [1.29, 1.82) is 0 Å². The molecule has 20 heavy (non-hydrogen) atoms. The van der Waals surface area contributed by atoms with Crippen molar-refractivity contribution in [2.45, 2.75) is 33.4 Å². The van der Waals surface area contributed by atoms with Crippen LogP contribution in [0.1, 0.15) is 22.9 Å². The SMILES string of the molecule is Cc1ccc(NC(C)C(=O)NCc2cccs2)cc1C. The summed E-state index contributed by atoms with van der Waals surface area (Å²) in [4.78, 5) is 13.2. The molecule has 0 aliphatic heterocycles. The summed E-state index contributed by atoms with van der Waals surface area (Å²) in [6, 6.07) is 9.89. The lowest BCUT2D eigenvalue weighted by Gasteiger charge is -2.16. The van der Waals surface area contributed by atoms with E-state index in [0.717, 1.165) is 10.6 Å². The number of anilines is 1. The standard InChI is InChI=1S/C16H20N2OS/c1-11-6-7-14(9-12(11)2)18-13(3)16(19)17-10-15-5-4-8-20-15/h4-9,13,18H,10H2,1-3H3,(H,17,19). The zero-order chi connectivity index (χ0) is 14.5. The van der Waals surface area contributed by atoms with Gasteiger partial charge in [-0.25, -0.2) is 0 Å². The van der Waals surface area contributed by atoms with Crippen LogP contribution in [0.2, 0.25) is 0 Å². The van der Waals surface area contributed by atoms with E-state index in [-0.39, 0.29) is 11.9 Å². The van der Waals surface area contributed by atoms with E-state index in [1.54, 1.807) is 11.3 Å². The fraction of sp³-hybridized carbons (Fsp3) is 0.312. The van der Waals surface area contributed by atoms with Gasteiger partial charge in [-0.05, 0) is 55.5 Å². The molecule has 4 heteroatoms. The van der Waals surface area contributed by atoms with E-state index >= 15 is 0 Å². The fourth-order valence-electron chi connectivity index (χ4n) is 1.89. The number of amides is 1. The predicted molar refractivity (Wildman–Crippen MR) is 85.2 cm³/mol. The molecule has 0 spiro atoms. The molecule has 1 aromatic carbocycles. The van der Waals surface area contributed by atoms with Gasteiger partial charge in [0.2, 0.25) is 5.91 Å². The van der Waals surface area contributed by atoms with Gasteiger partial charge in [-0.3, -0.25) is 4.79 Å². The van der Waals surface area contributed by atoms with Crippen molar-refractivity contribution in [3.05, 3.63) is 51.7 Å². The summed E-state index contributed by atoms with van der Waals surface area (Å²) in [5, 5.41) is 8.18. The monoisotopic (exact) mass is 288 g/mol. The average molecular weight is 288 g/mol. The molecule has 2 rings (SSSR count). The van der Waals surface area contributed by atoms with Gasteiger partial charge in [0.25, 0.3) is 0 Å². The molecule has 0 fully saturated rings. The fourth-order valence-corrected chi connectivity index (χ4v) is 2.53. The molecule has 3 nitrogen and oxygen atoms in total. The molecule has 0 aliphatic carbocycles. The number of nitrogens with one attached hydrogen (secondary N) is 2. The molecule has 1 heterocycles. The zero-order valence-electron chi connectivity index (χ0n) is 12.1. The molecule has 1 aromatic heterocycles. The molecular formula is C16H20N2OS. The van der Waals surface area contributed by atoms with Crippen LogP contribution in [0, 0.1) is 13.8 Å². The minimum atomic E-state index is -0.253. The average Bonchev–Trinajstić information content (AvgIpc) is 2.93. The Morgan fingerprint density at radius 2 is 2.05 bits per heavy atom. The summed E-state index contributed by atoms with van der Waals surface area (Å²) < 4.78 is 0. The first-order valence-electron chi connectivity index (χ1n) is 6.70. The maximum Gasteiger partial charge on any atom is 0.242 e. The normalized spacial score (nSPS) is 11.9. The minimum Gasteiger partial charge on any atom is -0.374 e. The quantitative estimate of drug-likeness (QED) is 0.884. The van der Waals surface area contributed by atoms with E-state index in [1.807, 2.05) is 30.5 Å². The summed E-state index contributed by atoms with van der Waals surface area (Å²) in [6.45, 7) is 6.62. The zero-order valence-corrected chi connectivity index (χ0v) is 12.9. The van der Waals surface area contributed by atoms with Crippen LogP contribution in [0.3, 0.4) is 0 Å². The highest BCUT2D eigenvalue weighted by Crippen LogP contribution is 2.15. The van der Waals surface area contributed by atoms with E-state index < -0.39 is 0 Å². The maximum atomic E-state index is 12.0. The Morgan fingerprint density at radius 1 is 1.25 bits per heavy atom. The Morgan fingerprint density at radius 3 is 2.70 bits per heavy atom. The van der Waals surface area contributed by atoms with Crippen molar-refractivity contribution in [3.63, 3.8) is 0 Å². The molecule has 2 aromatic rings. The molecule has 2 N–H and O–H groups in total. The lowest BCUT2D eigenvalue weighted by atomic mass is 10.1. The van der Waals surface area contributed by atoms with Crippen LogP contribution in [-0.4, -0.2) is 11.9 Å². The van der Waals surface area contributed by atoms with Gasteiger partial charge in [0.05, 0.1) is 6.54 Å². The second kappa shape index (κ2) is 6.57. The summed E-state index contributed by atoms with van der Waals surface area (Å²) in [5.74, 6) is 0.0108. The number of aryl methyl sites for hydroxylation is 2. The second-order valence-corrected chi connectivity index (χ2v) is 5.99. The number of benzene rings is 1. The van der Waals surface area contributed by atoms with Crippen LogP contribution in [0.15, 0.2) is 35.7 Å². The van der Waals surface area contributed by atoms with Gasteiger partial charge < -0.3 is 10.6 Å². The lowest BCUT2D eigenvalue weighted by Crippen LogP contribution is -2.37. The van der Waals surface area contributed by atoms with Gasteiger partial charge in [0.1, 0.15) is 6.04 Å². The molecule has 1 unspecified atom stereocenters. The van der Waals surface area contributed by atoms with Crippen molar-refractivity contribution in [2.75, 3.05) is 5.32 Å². The van der Waals surface area contributed by atoms with Gasteiger partial charge in [0.15, 0.2) is 0 Å². The first-order chi connectivity index (χ1) is 9.56. The smallest absolute Gasteiger partial charge is 0.242 e. The highest BCUT2D eigenvalue weighted by Gasteiger charge is 2.12. The third-order valence-corrected chi connectivity index (χ3v) is 4.18. The van der Waals surface area contributed by atoms with Crippen LogP contribution in [0.4, 0.5) is 5.69 Å². The van der Waals surface area contributed by atoms with Crippen molar-refractivity contribution in [1.82, 2.24) is 5.32 Å². The summed E-state index contributed by atoms with van der Waals surface area (Å²) >= 11 is 1.65. The lowest BCUT2D eigenvalue weighted by molar-refractivity contribution is -0.121. The van der Waals surface area contributed by atoms with Crippen LogP contribution >= 0.6 is 11.3 Å². The van der Waals surface area contributed by atoms with Crippen LogP contribution < -0.4 is 10.6 Å². The molecule has 0 radical (unpaired) electrons. The summed E-state index contributed by atoms with van der Waals surface area (Å²) in [5.41, 5.74) is 3.46. The number of hydrogen-bond acceptors (Lipinski definition) is 3. The first-order valence-corrected chi connectivity index (χ1v) is 7.58. The van der Waals surface area contributed by atoms with E-state index in [2.05, 4.69) is 36.6 Å². The Hall–Kier alpha value is -1.81. The largest absolute Gasteiger partial charge is 0.374 e. The van der Waals surface area contributed by atoms with Crippen LogP contribution in [-0.2, 0) is 11.3 Å². The van der Waals surface area contributed by atoms with Crippen molar-refractivity contribution in [3.8, 4) is 0 Å². The van der Waals surface area contributed by atoms with E-state index in [4.69, 9.17) is 0 Å². The Labute approximate surface area is 124 Å². The molecule has 0 aliphatic rings. The number of hydrogen-bond donors (Lipinski definition) is 2. The van der Waals surface area contributed by atoms with Gasteiger partial charge in [-0.15, -0.1) is 11.3 Å². The van der Waals surface area contributed by atoms with Crippen LogP contribution in [0.25, 0.3) is 0 Å². The van der Waals surface area contributed by atoms with Gasteiger partial charge in [-0.1, -0.05) is 12.1 Å². The first kappa shape index (κ1) is 14.6. The summed E-state index contributed by atoms with van der Waals surface area (Å²) in [6.07, 6.45) is 0. The van der Waals surface area contributed by atoms with E-state index in [1.165, 1.54) is 11.1 Å². The molecular weight excluding hydrogens is 268 g/mol. The Kier molecular flexibility index (Phi) is 4.79. The van der Waals surface area contributed by atoms with Crippen molar-refractivity contribution < 1.29 is 4.79 Å². The Bertz CT molecular complexity index is 578. The topological polar surface area (TPSA) is 41.1 Å². The van der Waals surface area contributed by atoms with Crippen molar-refractivity contribution >= 4 is 22.9 Å². The molecule has 1 amide bonds. The maximum absolute atomic E-state index is 12.0. The highest BCUT2D eigenvalue weighted by molar-refractivity contribution is 7.09. The number of carbonyl (C=O) groups is 1. The number of rotatable bonds is 5. The van der Waals surface area contributed by atoms with Crippen LogP contribution in [0.5, 0.6) is 0 Å². The molecule has 106 valence electrons. The van der Waals surface area contributed by atoms with E-state index in [0.29, 0.717) is 6.54 Å². The van der Waals surface area contributed by atoms with Gasteiger partial charge in [0, 0.05) is 10.6 Å². The second-order valence-electron chi connectivity index (χ2n) is 4.96. The predicted octanol–water partition coefficient (Wildman–Crippen LogP) is 3.48. The summed E-state index contributed by atoms with van der Waals surface area (Å²) in [7, 11) is 0. The molecule has 1 atom stereocenters. The molecule has 0 saturated carbocycles. The molecule has 0 saturated heterocycles. The van der Waals surface area contributed by atoms with Gasteiger partial charge >= 0.3 is 0 Å². The highest BCUT2D eigenvalue weighted by atomic mass is 32.1. The minimum absolute atomic E-state index is 0.0108. The Balaban J connectivity index is 1.88. The third-order valence-electron chi connectivity index (χ3n) is 3.30. The van der Waals surface area contributed by atoms with Crippen molar-refractivity contribution in [2.24, 2.45) is 0 Å². The third kappa shape index (κ3) is 3.84. The van der Waals surface area contributed by atoms with Gasteiger partial charge in [-0.2, -0.15) is 0 Å². The number of carbonyl (C=O) groups excluding carboxylic acids is 1. The molecule has 0 bridgehead atoms. The number of thiophene rings is 1.